The molecule has 0 unspecified atom stereocenters. The Morgan fingerprint density at radius 2 is 0.400 bits per heavy atom. The van der Waals surface area contributed by atoms with Crippen LogP contribution in [-0.2, 0) is 17.1 Å². The van der Waals surface area contributed by atoms with Gasteiger partial charge in [-0.3, -0.25) is 0 Å². The summed E-state index contributed by atoms with van der Waals surface area (Å²) in [6.07, 6.45) is 0. The van der Waals surface area contributed by atoms with Gasteiger partial charge in [0.25, 0.3) is 0 Å². The van der Waals surface area contributed by atoms with Crippen LogP contribution in [0.4, 0.5) is 0 Å². The minimum atomic E-state index is 0. The Hall–Kier alpha value is 0.519. The van der Waals surface area contributed by atoms with E-state index in [1.165, 1.54) is 0 Å². The number of hydrogen-bond acceptors (Lipinski definition) is 0. The first-order valence-corrected chi connectivity index (χ1v) is 0. The number of rotatable bonds is 0. The van der Waals surface area contributed by atoms with Crippen LogP contribution in [0, 0.1) is 29.7 Å². The molecule has 0 N–H and O–H groups in total. The molecule has 1 radical (unpaired) electrons. The second-order valence-electron chi connectivity index (χ2n) is 0. The fraction of sp³-hybridized carbons (Fsp3) is 0. The van der Waals surface area contributed by atoms with E-state index in [1.54, 1.807) is 0 Å². The first kappa shape index (κ1) is 418. The summed E-state index contributed by atoms with van der Waals surface area (Å²) in [5.74, 6) is 0. The molecule has 5 heavy (non-hydrogen) atoms. The Morgan fingerprint density at radius 3 is 0.400 bits per heavy atom. The fourth-order valence-electron chi connectivity index (χ4n) is 0. The van der Waals surface area contributed by atoms with Crippen LogP contribution >= 0.6 is 0 Å². The molecular weight excluding hydrogens is 103 g/mol. The van der Waals surface area contributed by atoms with E-state index in [9.17, 15) is 0 Å². The van der Waals surface area contributed by atoms with Crippen molar-refractivity contribution < 1.29 is 17.1 Å². The third kappa shape index (κ3) is 106. The van der Waals surface area contributed by atoms with Gasteiger partial charge in [0.15, 0.2) is 0 Å². The Kier molecular flexibility index (Phi) is 17300. The molecule has 0 rings (SSSR count). The van der Waals surface area contributed by atoms with Crippen LogP contribution in [0.2, 0.25) is 0 Å². The third-order valence-electron chi connectivity index (χ3n) is 0. The second-order valence-corrected chi connectivity index (χ2v) is 0. The van der Waals surface area contributed by atoms with Crippen LogP contribution in [0.1, 0.15) is 0 Å². The van der Waals surface area contributed by atoms with E-state index in [-0.39, 0.29) is 46.8 Å². The molecule has 0 fully saturated rings. The first-order chi connectivity index (χ1) is 0. The van der Waals surface area contributed by atoms with E-state index >= 15 is 0 Å². The van der Waals surface area contributed by atoms with Gasteiger partial charge in [0.2, 0.25) is 0 Å². The summed E-state index contributed by atoms with van der Waals surface area (Å²) in [7, 11) is 0. The first-order valence-electron chi connectivity index (χ1n) is 0. The van der Waals surface area contributed by atoms with Crippen LogP contribution in [0.15, 0.2) is 0 Å². The zero-order chi connectivity index (χ0) is 0. The predicted octanol–water partition coefficient (Wildman–Crippen LogP) is 1.80. The summed E-state index contributed by atoms with van der Waals surface area (Å²) in [5.41, 5.74) is 0. The molecule has 0 aromatic carbocycles. The summed E-state index contributed by atoms with van der Waals surface area (Å²) >= 11 is 0. The largest absolute Gasteiger partial charge is 0.358 e. The molecule has 0 aliphatic rings. The van der Waals surface area contributed by atoms with E-state index in [0.717, 1.165) is 0 Å². The molecule has 0 nitrogen and oxygen atoms in total. The fourth-order valence-corrected chi connectivity index (χ4v) is 0. The van der Waals surface area contributed by atoms with Gasteiger partial charge in [0.1, 0.15) is 0 Å². The van der Waals surface area contributed by atoms with Gasteiger partial charge in [-0.05, 0) is 0 Å². The number of hydrogen-bond donors (Lipinski definition) is 0. The van der Waals surface area contributed by atoms with Gasteiger partial charge in [-0.25, -0.2) is 0 Å². The zero-order valence-corrected chi connectivity index (χ0v) is 5.56. The van der Waals surface area contributed by atoms with E-state index in [2.05, 4.69) is 0 Å². The van der Waals surface area contributed by atoms with Gasteiger partial charge in [-0.1, -0.05) is 0 Å². The summed E-state index contributed by atoms with van der Waals surface area (Å²) < 4.78 is 0. The van der Waals surface area contributed by atoms with E-state index in [0.29, 0.717) is 0 Å². The summed E-state index contributed by atoms with van der Waals surface area (Å²) in [6.45, 7) is 0. The summed E-state index contributed by atoms with van der Waals surface area (Å²) in [6, 6.07) is 0. The molecule has 0 amide bonds. The topological polar surface area (TPSA) is 0 Å². The molecule has 0 heterocycles. The SMILES string of the molecule is [CH3-].[CH3-].[CH3-].[CH3-].[Mn]. The molecule has 1 heteroatoms. The van der Waals surface area contributed by atoms with Crippen molar-refractivity contribution in [2.45, 2.75) is 0 Å². The molecule has 0 atom stereocenters. The van der Waals surface area contributed by atoms with Crippen molar-refractivity contribution in [2.75, 3.05) is 0 Å². The Morgan fingerprint density at radius 1 is 0.400 bits per heavy atom. The molecule has 0 aromatic heterocycles. The summed E-state index contributed by atoms with van der Waals surface area (Å²) in [4.78, 5) is 0. The van der Waals surface area contributed by atoms with E-state index in [4.69, 9.17) is 0 Å². The quantitative estimate of drug-likeness (QED) is 0.333. The van der Waals surface area contributed by atoms with Gasteiger partial charge in [-0.2, -0.15) is 0 Å². The van der Waals surface area contributed by atoms with Gasteiger partial charge in [0.05, 0.1) is 0 Å². The average Bonchev–Trinajstić information content (AvgIpc) is 0. The maximum atomic E-state index is 0. The predicted molar refractivity (Wildman–Crippen MR) is 25.7 cm³/mol. The van der Waals surface area contributed by atoms with Crippen LogP contribution in [0.3, 0.4) is 0 Å². The molecule has 0 aliphatic heterocycles. The molecule has 0 aromatic rings. The van der Waals surface area contributed by atoms with Crippen molar-refractivity contribution in [2.24, 2.45) is 0 Å². The monoisotopic (exact) mass is 115 g/mol. The molecule has 0 saturated heterocycles. The Bertz CT molecular complexity index is 3.61. The van der Waals surface area contributed by atoms with Gasteiger partial charge in [0, 0.05) is 17.1 Å². The molecule has 0 bridgehead atoms. The van der Waals surface area contributed by atoms with Crippen molar-refractivity contribution in [3.8, 4) is 0 Å². The Labute approximate surface area is 47.4 Å². The van der Waals surface area contributed by atoms with Crippen LogP contribution in [0.5, 0.6) is 0 Å². The van der Waals surface area contributed by atoms with Crippen molar-refractivity contribution in [3.63, 3.8) is 0 Å². The van der Waals surface area contributed by atoms with Crippen LogP contribution < -0.4 is 0 Å². The van der Waals surface area contributed by atoms with Crippen LogP contribution in [0.25, 0.3) is 0 Å². The maximum Gasteiger partial charge on any atom is 0 e. The standard InChI is InChI=1S/4CH3.Mn/h4*1H3;/q4*-1;. The average molecular weight is 115 g/mol. The van der Waals surface area contributed by atoms with Gasteiger partial charge < -0.3 is 29.7 Å². The smallest absolute Gasteiger partial charge is 0 e. The molecule has 0 saturated carbocycles. The second kappa shape index (κ2) is 207. The van der Waals surface area contributed by atoms with Gasteiger partial charge >= 0.3 is 0 Å². The van der Waals surface area contributed by atoms with Crippen molar-refractivity contribution in [1.29, 1.82) is 0 Å². The molecular formula is C4H12Mn-4. The van der Waals surface area contributed by atoms with Crippen molar-refractivity contribution in [3.05, 3.63) is 29.7 Å². The van der Waals surface area contributed by atoms with Crippen molar-refractivity contribution >= 4 is 0 Å². The van der Waals surface area contributed by atoms with E-state index in [1.807, 2.05) is 0 Å². The minimum absolute atomic E-state index is 0. The third-order valence-corrected chi connectivity index (χ3v) is 0. The minimum Gasteiger partial charge on any atom is -0.358 e. The molecule has 0 aliphatic carbocycles. The van der Waals surface area contributed by atoms with Gasteiger partial charge in [-0.15, -0.1) is 0 Å². The summed E-state index contributed by atoms with van der Waals surface area (Å²) in [5, 5.41) is 0. The van der Waals surface area contributed by atoms with Crippen LogP contribution in [-0.4, -0.2) is 0 Å². The molecule has 39 valence electrons. The van der Waals surface area contributed by atoms with E-state index < -0.39 is 0 Å². The zero-order valence-electron chi connectivity index (χ0n) is 4.38. The Balaban J connectivity index is 0. The maximum absolute atomic E-state index is 0. The normalized spacial score (nSPS) is 0. The van der Waals surface area contributed by atoms with Crippen molar-refractivity contribution in [1.82, 2.24) is 0 Å². The molecule has 0 spiro atoms.